The lowest BCUT2D eigenvalue weighted by Crippen LogP contribution is -2.05. The van der Waals surface area contributed by atoms with Gasteiger partial charge in [0.2, 0.25) is 0 Å². The van der Waals surface area contributed by atoms with Gasteiger partial charge in [0.25, 0.3) is 0 Å². The highest BCUT2D eigenvalue weighted by Crippen LogP contribution is 2.25. The Balaban J connectivity index is 1.98. The highest BCUT2D eigenvalue weighted by atomic mass is 16.5. The summed E-state index contributed by atoms with van der Waals surface area (Å²) in [6.45, 7) is 2.24. The minimum atomic E-state index is -0.269. The van der Waals surface area contributed by atoms with E-state index >= 15 is 0 Å². The highest BCUT2D eigenvalue weighted by molar-refractivity contribution is 5.98. The second-order valence-corrected chi connectivity index (χ2v) is 5.89. The van der Waals surface area contributed by atoms with Gasteiger partial charge >= 0.3 is 5.97 Å². The average Bonchev–Trinajstić information content (AvgIpc) is 2.92. The number of fused-ring (bicyclic) bond motifs is 1. The Morgan fingerprint density at radius 2 is 1.73 bits per heavy atom. The largest absolute Gasteiger partial charge is 0.464 e. The molecule has 0 aliphatic heterocycles. The van der Waals surface area contributed by atoms with Crippen molar-refractivity contribution in [1.82, 2.24) is 4.98 Å². The van der Waals surface area contributed by atoms with E-state index in [2.05, 4.69) is 18.0 Å². The monoisotopic (exact) mass is 301 g/mol. The maximum absolute atomic E-state index is 12.0. The normalized spacial score (nSPS) is 11.0. The first kappa shape index (κ1) is 16.6. The zero-order valence-electron chi connectivity index (χ0n) is 13.8. The van der Waals surface area contributed by atoms with Gasteiger partial charge in [-0.25, -0.2) is 4.79 Å². The Labute approximate surface area is 133 Å². The minimum absolute atomic E-state index is 0.269. The van der Waals surface area contributed by atoms with Crippen LogP contribution in [0, 0.1) is 0 Å². The molecular weight excluding hydrogens is 274 g/mol. The number of hydrogen-bond donors (Lipinski definition) is 1. The van der Waals surface area contributed by atoms with Crippen molar-refractivity contribution >= 4 is 16.9 Å². The van der Waals surface area contributed by atoms with Crippen molar-refractivity contribution in [3.05, 3.63) is 35.5 Å². The number of benzene rings is 1. The molecule has 0 bridgehead atoms. The van der Waals surface area contributed by atoms with E-state index in [-0.39, 0.29) is 5.97 Å². The number of aromatic amines is 1. The molecule has 0 spiro atoms. The third kappa shape index (κ3) is 4.12. The lowest BCUT2D eigenvalue weighted by atomic mass is 10.0. The number of carbonyl (C=O) groups is 1. The van der Waals surface area contributed by atoms with E-state index in [1.165, 1.54) is 45.6 Å². The van der Waals surface area contributed by atoms with Gasteiger partial charge in [-0.3, -0.25) is 0 Å². The molecule has 2 aromatic rings. The summed E-state index contributed by atoms with van der Waals surface area (Å²) < 4.78 is 4.91. The molecule has 22 heavy (non-hydrogen) atoms. The van der Waals surface area contributed by atoms with Crippen LogP contribution in [-0.2, 0) is 11.2 Å². The molecule has 3 nitrogen and oxygen atoms in total. The van der Waals surface area contributed by atoms with Crippen molar-refractivity contribution in [2.75, 3.05) is 7.11 Å². The Morgan fingerprint density at radius 1 is 1.05 bits per heavy atom. The number of nitrogens with one attached hydrogen (secondary N) is 1. The van der Waals surface area contributed by atoms with Crippen molar-refractivity contribution < 1.29 is 9.53 Å². The first-order valence-electron chi connectivity index (χ1n) is 8.45. The fraction of sp³-hybridized carbons (Fsp3) is 0.526. The summed E-state index contributed by atoms with van der Waals surface area (Å²) in [5, 5.41) is 1.15. The van der Waals surface area contributed by atoms with E-state index in [0.717, 1.165) is 29.3 Å². The van der Waals surface area contributed by atoms with Crippen LogP contribution in [0.4, 0.5) is 0 Å². The lowest BCUT2D eigenvalue weighted by Gasteiger charge is -2.04. The van der Waals surface area contributed by atoms with Crippen LogP contribution < -0.4 is 0 Å². The van der Waals surface area contributed by atoms with Crippen LogP contribution in [0.2, 0.25) is 0 Å². The van der Waals surface area contributed by atoms with Gasteiger partial charge in [0.1, 0.15) is 5.69 Å². The molecule has 120 valence electrons. The summed E-state index contributed by atoms with van der Waals surface area (Å²) in [7, 11) is 1.44. The van der Waals surface area contributed by atoms with Gasteiger partial charge in [-0.2, -0.15) is 0 Å². The molecule has 0 saturated heterocycles. The fourth-order valence-electron chi connectivity index (χ4n) is 2.99. The van der Waals surface area contributed by atoms with Crippen LogP contribution in [0.25, 0.3) is 10.9 Å². The van der Waals surface area contributed by atoms with E-state index < -0.39 is 0 Å². The Kier molecular flexibility index (Phi) is 6.50. The number of rotatable bonds is 9. The first-order chi connectivity index (χ1) is 10.8. The molecule has 0 atom stereocenters. The number of aryl methyl sites for hydroxylation is 1. The molecule has 0 aliphatic rings. The van der Waals surface area contributed by atoms with Crippen molar-refractivity contribution in [3.63, 3.8) is 0 Å². The van der Waals surface area contributed by atoms with Crippen LogP contribution in [0.15, 0.2) is 24.3 Å². The summed E-state index contributed by atoms with van der Waals surface area (Å²) in [6.07, 6.45) is 9.87. The lowest BCUT2D eigenvalue weighted by molar-refractivity contribution is 0.0594. The number of H-pyrrole nitrogens is 1. The van der Waals surface area contributed by atoms with Crippen LogP contribution >= 0.6 is 0 Å². The van der Waals surface area contributed by atoms with Gasteiger partial charge in [0.05, 0.1) is 7.11 Å². The van der Waals surface area contributed by atoms with Gasteiger partial charge in [-0.05, 0) is 24.5 Å². The molecule has 0 aliphatic carbocycles. The third-order valence-electron chi connectivity index (χ3n) is 4.23. The van der Waals surface area contributed by atoms with Gasteiger partial charge in [-0.1, -0.05) is 63.6 Å². The van der Waals surface area contributed by atoms with Crippen molar-refractivity contribution in [2.24, 2.45) is 0 Å². The van der Waals surface area contributed by atoms with Crippen molar-refractivity contribution in [1.29, 1.82) is 0 Å². The number of esters is 1. The average molecular weight is 301 g/mol. The maximum Gasteiger partial charge on any atom is 0.354 e. The topological polar surface area (TPSA) is 42.1 Å². The van der Waals surface area contributed by atoms with Gasteiger partial charge < -0.3 is 9.72 Å². The summed E-state index contributed by atoms with van der Waals surface area (Å²) in [5.74, 6) is -0.269. The summed E-state index contributed by atoms with van der Waals surface area (Å²) in [5.41, 5.74) is 2.74. The summed E-state index contributed by atoms with van der Waals surface area (Å²) in [6, 6.07) is 8.09. The van der Waals surface area contributed by atoms with Gasteiger partial charge in [0.15, 0.2) is 0 Å². The SMILES string of the molecule is CCCCCCCCCc1c(C(=O)OC)[nH]c2ccccc12. The summed E-state index contributed by atoms with van der Waals surface area (Å²) in [4.78, 5) is 15.2. The van der Waals surface area contributed by atoms with Crippen molar-refractivity contribution in [3.8, 4) is 0 Å². The molecule has 1 aromatic heterocycles. The predicted octanol–water partition coefficient (Wildman–Crippen LogP) is 5.25. The number of carbonyl (C=O) groups excluding carboxylic acids is 1. The predicted molar refractivity (Wildman–Crippen MR) is 91.3 cm³/mol. The molecular formula is C19H27NO2. The minimum Gasteiger partial charge on any atom is -0.464 e. The molecule has 2 rings (SSSR count). The zero-order chi connectivity index (χ0) is 15.8. The molecule has 0 fully saturated rings. The molecule has 1 N–H and O–H groups in total. The number of para-hydroxylation sites is 1. The number of ether oxygens (including phenoxy) is 1. The van der Waals surface area contributed by atoms with E-state index in [4.69, 9.17) is 4.74 Å². The smallest absolute Gasteiger partial charge is 0.354 e. The van der Waals surface area contributed by atoms with Crippen LogP contribution in [0.5, 0.6) is 0 Å². The molecule has 0 saturated carbocycles. The molecule has 1 heterocycles. The van der Waals surface area contributed by atoms with Gasteiger partial charge in [-0.15, -0.1) is 0 Å². The van der Waals surface area contributed by atoms with Crippen LogP contribution in [0.1, 0.15) is 67.9 Å². The molecule has 0 amide bonds. The second kappa shape index (κ2) is 8.62. The fourth-order valence-corrected chi connectivity index (χ4v) is 2.99. The van der Waals surface area contributed by atoms with Crippen molar-refractivity contribution in [2.45, 2.75) is 58.3 Å². The van der Waals surface area contributed by atoms with E-state index in [0.29, 0.717) is 5.69 Å². The van der Waals surface area contributed by atoms with E-state index in [1.54, 1.807) is 0 Å². The molecule has 0 radical (unpaired) electrons. The van der Waals surface area contributed by atoms with Crippen LogP contribution in [0.3, 0.4) is 0 Å². The molecule has 1 aromatic carbocycles. The first-order valence-corrected chi connectivity index (χ1v) is 8.45. The number of methoxy groups -OCH3 is 1. The second-order valence-electron chi connectivity index (χ2n) is 5.89. The Hall–Kier alpha value is -1.77. The third-order valence-corrected chi connectivity index (χ3v) is 4.23. The maximum atomic E-state index is 12.0. The number of unbranched alkanes of at least 4 members (excludes halogenated alkanes) is 6. The summed E-state index contributed by atoms with van der Waals surface area (Å²) >= 11 is 0. The Bertz CT molecular complexity index is 601. The standard InChI is InChI=1S/C19H27NO2/c1-3-4-5-6-7-8-9-13-16-15-12-10-11-14-17(15)20-18(16)19(21)22-2/h10-12,14,20H,3-9,13H2,1-2H3. The molecule has 3 heteroatoms. The molecule has 0 unspecified atom stereocenters. The number of aromatic nitrogens is 1. The van der Waals surface area contributed by atoms with E-state index in [1.807, 2.05) is 18.2 Å². The highest BCUT2D eigenvalue weighted by Gasteiger charge is 2.17. The quantitative estimate of drug-likeness (QED) is 0.508. The zero-order valence-corrected chi connectivity index (χ0v) is 13.8. The number of hydrogen-bond acceptors (Lipinski definition) is 2. The van der Waals surface area contributed by atoms with E-state index in [9.17, 15) is 4.79 Å². The van der Waals surface area contributed by atoms with Crippen LogP contribution in [-0.4, -0.2) is 18.1 Å². The van der Waals surface area contributed by atoms with Gasteiger partial charge in [0, 0.05) is 10.9 Å². The Morgan fingerprint density at radius 3 is 2.45 bits per heavy atom.